The summed E-state index contributed by atoms with van der Waals surface area (Å²) in [6.07, 6.45) is 7.82. The zero-order chi connectivity index (χ0) is 23.3. The summed E-state index contributed by atoms with van der Waals surface area (Å²) < 4.78 is 0. The van der Waals surface area contributed by atoms with Crippen molar-refractivity contribution in [1.29, 1.82) is 5.26 Å². The second-order valence-corrected chi connectivity index (χ2v) is 10.00. The predicted molar refractivity (Wildman–Crippen MR) is 131 cm³/mol. The molecule has 2 aliphatic rings. The molecule has 174 valence electrons. The van der Waals surface area contributed by atoms with Crippen molar-refractivity contribution in [2.75, 3.05) is 26.2 Å². The molecule has 4 N–H and O–H groups in total. The van der Waals surface area contributed by atoms with Crippen LogP contribution in [0.4, 0.5) is 0 Å². The average Bonchev–Trinajstić information content (AvgIpc) is 3.04. The van der Waals surface area contributed by atoms with Crippen LogP contribution in [0.5, 0.6) is 0 Å². The number of nitriles is 1. The van der Waals surface area contributed by atoms with E-state index in [2.05, 4.69) is 61.9 Å². The Morgan fingerprint density at radius 2 is 2.03 bits per heavy atom. The van der Waals surface area contributed by atoms with Gasteiger partial charge in [-0.2, -0.15) is 5.26 Å². The number of hydrogen-bond donors (Lipinski definition) is 2. The van der Waals surface area contributed by atoms with Gasteiger partial charge in [-0.05, 0) is 29.3 Å². The third-order valence-corrected chi connectivity index (χ3v) is 7.88. The molecule has 0 radical (unpaired) electrons. The van der Waals surface area contributed by atoms with Crippen LogP contribution in [0.15, 0.2) is 66.0 Å². The molecule has 2 unspecified atom stereocenters. The molecule has 2 atom stereocenters. The number of thioether (sulfide) groups is 1. The number of benzene rings is 1. The molecule has 9 heteroatoms. The van der Waals surface area contributed by atoms with E-state index in [1.165, 1.54) is 21.6 Å². The number of nitrogens with one attached hydrogen (secondary N) is 2. The maximum atomic E-state index is 9.35. The molecule has 1 saturated heterocycles. The van der Waals surface area contributed by atoms with Crippen molar-refractivity contribution in [3.63, 3.8) is 0 Å². The SMILES string of the molecule is N#CNC([NH2+]Cc1cc[nH+]cc1)N1CCN(C2c3ccc(Cl)cc3SCc3cccnc32)CC1. The van der Waals surface area contributed by atoms with E-state index >= 15 is 0 Å². The lowest BCUT2D eigenvalue weighted by atomic mass is 9.97. The summed E-state index contributed by atoms with van der Waals surface area (Å²) in [7, 11) is 0. The van der Waals surface area contributed by atoms with E-state index in [0.29, 0.717) is 0 Å². The Morgan fingerprint density at radius 3 is 2.82 bits per heavy atom. The van der Waals surface area contributed by atoms with Crippen LogP contribution in [0.25, 0.3) is 0 Å². The Hall–Kier alpha value is -2.67. The monoisotopic (exact) mass is 493 g/mol. The summed E-state index contributed by atoms with van der Waals surface area (Å²) in [5.74, 6) is 0.896. The van der Waals surface area contributed by atoms with Gasteiger partial charge in [0.25, 0.3) is 0 Å². The van der Waals surface area contributed by atoms with E-state index in [4.69, 9.17) is 16.6 Å². The first-order chi connectivity index (χ1) is 16.7. The number of nitrogens with two attached hydrogens (primary N) is 1. The lowest BCUT2D eigenvalue weighted by molar-refractivity contribution is -0.727. The first kappa shape index (κ1) is 23.1. The van der Waals surface area contributed by atoms with Gasteiger partial charge in [0, 0.05) is 65.7 Å². The number of halogens is 1. The van der Waals surface area contributed by atoms with Gasteiger partial charge in [0.15, 0.2) is 18.6 Å². The van der Waals surface area contributed by atoms with Crippen LogP contribution in [0.2, 0.25) is 5.02 Å². The van der Waals surface area contributed by atoms with E-state index in [1.54, 1.807) is 0 Å². The van der Waals surface area contributed by atoms with E-state index in [9.17, 15) is 5.26 Å². The molecule has 3 aromatic rings. The van der Waals surface area contributed by atoms with Gasteiger partial charge in [-0.3, -0.25) is 15.2 Å². The number of quaternary nitrogens is 1. The zero-order valence-corrected chi connectivity index (χ0v) is 20.4. The number of nitrogens with zero attached hydrogens (tertiary/aromatic N) is 4. The number of pyridine rings is 2. The molecule has 0 saturated carbocycles. The van der Waals surface area contributed by atoms with Gasteiger partial charge < -0.3 is 5.32 Å². The fourth-order valence-corrected chi connectivity index (χ4v) is 6.14. The predicted octanol–water partition coefficient (Wildman–Crippen LogP) is 1.98. The van der Waals surface area contributed by atoms with E-state index in [-0.39, 0.29) is 12.3 Å². The number of fused-ring (bicyclic) bond motifs is 2. The van der Waals surface area contributed by atoms with Gasteiger partial charge in [-0.15, -0.1) is 11.8 Å². The lowest BCUT2D eigenvalue weighted by Gasteiger charge is -2.40. The quantitative estimate of drug-likeness (QED) is 0.310. The molecule has 5 rings (SSSR count). The molecule has 0 amide bonds. The topological polar surface area (TPSA) is 85.9 Å². The van der Waals surface area contributed by atoms with Crippen LogP contribution in [-0.4, -0.2) is 47.3 Å². The highest BCUT2D eigenvalue weighted by Crippen LogP contribution is 2.42. The maximum absolute atomic E-state index is 9.35. The van der Waals surface area contributed by atoms with Crippen LogP contribution in [0.3, 0.4) is 0 Å². The van der Waals surface area contributed by atoms with Crippen LogP contribution in [0, 0.1) is 11.5 Å². The van der Waals surface area contributed by atoms with Gasteiger partial charge in [-0.1, -0.05) is 23.7 Å². The fraction of sp³-hybridized carbons (Fsp3) is 0.320. The Labute approximate surface area is 209 Å². The first-order valence-electron chi connectivity index (χ1n) is 11.5. The minimum atomic E-state index is -0.0856. The molecule has 7 nitrogen and oxygen atoms in total. The number of hydrogen-bond acceptors (Lipinski definition) is 6. The van der Waals surface area contributed by atoms with Crippen LogP contribution in [-0.2, 0) is 12.3 Å². The fourth-order valence-electron chi connectivity index (χ4n) is 4.79. The molecular weight excluding hydrogens is 466 g/mol. The molecule has 0 bridgehead atoms. The normalized spacial score (nSPS) is 19.4. The minimum Gasteiger partial charge on any atom is -0.309 e. The number of rotatable bonds is 6. The Balaban J connectivity index is 1.33. The molecule has 0 spiro atoms. The van der Waals surface area contributed by atoms with Gasteiger partial charge in [0.2, 0.25) is 6.29 Å². The molecule has 0 aliphatic carbocycles. The van der Waals surface area contributed by atoms with Crippen LogP contribution >= 0.6 is 23.4 Å². The van der Waals surface area contributed by atoms with Crippen LogP contribution in [0.1, 0.15) is 28.4 Å². The Kier molecular flexibility index (Phi) is 7.28. The van der Waals surface area contributed by atoms with Crippen molar-refractivity contribution in [2.24, 2.45) is 0 Å². The highest BCUT2D eigenvalue weighted by Gasteiger charge is 2.34. The van der Waals surface area contributed by atoms with Crippen molar-refractivity contribution in [3.05, 3.63) is 88.5 Å². The second kappa shape index (κ2) is 10.7. The molecule has 1 aromatic carbocycles. The first-order valence-corrected chi connectivity index (χ1v) is 12.9. The molecule has 2 aromatic heterocycles. The molecule has 1 fully saturated rings. The standard InChI is InChI=1S/C25H26ClN7S/c26-20-3-4-21-22(14-20)34-16-19-2-1-7-29-23(19)24(21)32-10-12-33(13-11-32)25(31-17-27)30-15-18-5-8-28-9-6-18/h1-9,14,24-25,30-31H,10-13,15-16H2/p+2. The van der Waals surface area contributed by atoms with Crippen molar-refractivity contribution in [1.82, 2.24) is 20.1 Å². The summed E-state index contributed by atoms with van der Waals surface area (Å²) in [6, 6.07) is 14.7. The third-order valence-electron chi connectivity index (χ3n) is 6.52. The van der Waals surface area contributed by atoms with Crippen molar-refractivity contribution in [3.8, 4) is 6.19 Å². The highest BCUT2D eigenvalue weighted by molar-refractivity contribution is 7.98. The number of aromatic nitrogens is 2. The minimum absolute atomic E-state index is 0.0856. The largest absolute Gasteiger partial charge is 0.309 e. The number of piperazine rings is 1. The van der Waals surface area contributed by atoms with Gasteiger partial charge >= 0.3 is 0 Å². The molecular formula is C25H28ClN7S+2. The average molecular weight is 494 g/mol. The van der Waals surface area contributed by atoms with Gasteiger partial charge in [-0.25, -0.2) is 9.88 Å². The van der Waals surface area contributed by atoms with Crippen LogP contribution < -0.4 is 15.6 Å². The third kappa shape index (κ3) is 5.04. The van der Waals surface area contributed by atoms with Gasteiger partial charge in [0.05, 0.1) is 11.7 Å². The van der Waals surface area contributed by atoms with E-state index in [1.807, 2.05) is 42.5 Å². The molecule has 34 heavy (non-hydrogen) atoms. The summed E-state index contributed by atoms with van der Waals surface area (Å²) in [5, 5.41) is 15.3. The summed E-state index contributed by atoms with van der Waals surface area (Å²) in [6.45, 7) is 4.33. The summed E-state index contributed by atoms with van der Waals surface area (Å²) in [4.78, 5) is 14.0. The second-order valence-electron chi connectivity index (χ2n) is 8.54. The summed E-state index contributed by atoms with van der Waals surface area (Å²) in [5.41, 5.74) is 4.92. The number of aromatic amines is 1. The smallest absolute Gasteiger partial charge is 0.228 e. The maximum Gasteiger partial charge on any atom is 0.228 e. The molecule has 4 heterocycles. The van der Waals surface area contributed by atoms with Crippen molar-refractivity contribution < 1.29 is 10.3 Å². The van der Waals surface area contributed by atoms with Crippen molar-refractivity contribution in [2.45, 2.75) is 29.5 Å². The van der Waals surface area contributed by atoms with Gasteiger partial charge in [0.1, 0.15) is 6.54 Å². The Bertz CT molecular complexity index is 1160. The Morgan fingerprint density at radius 1 is 1.21 bits per heavy atom. The van der Waals surface area contributed by atoms with Crippen molar-refractivity contribution >= 4 is 23.4 Å². The van der Waals surface area contributed by atoms with E-state index < -0.39 is 0 Å². The lowest BCUT2D eigenvalue weighted by Crippen LogP contribution is -2.95. The summed E-state index contributed by atoms with van der Waals surface area (Å²) >= 11 is 8.18. The zero-order valence-electron chi connectivity index (χ0n) is 18.8. The molecule has 2 aliphatic heterocycles. The highest BCUT2D eigenvalue weighted by atomic mass is 35.5. The number of H-pyrrole nitrogens is 1. The van der Waals surface area contributed by atoms with E-state index in [0.717, 1.165) is 49.2 Å².